The van der Waals surface area contributed by atoms with Gasteiger partial charge in [0.1, 0.15) is 18.3 Å². The van der Waals surface area contributed by atoms with Gasteiger partial charge in [0.15, 0.2) is 0 Å². The molecule has 0 aromatic carbocycles. The number of nitrogens with one attached hydrogen (secondary N) is 3. The first-order valence-corrected chi connectivity index (χ1v) is 11.3. The van der Waals surface area contributed by atoms with Gasteiger partial charge in [-0.2, -0.15) is 5.10 Å². The Morgan fingerprint density at radius 2 is 2.03 bits per heavy atom. The highest BCUT2D eigenvalue weighted by molar-refractivity contribution is 5.76. The summed E-state index contributed by atoms with van der Waals surface area (Å²) in [6.07, 6.45) is 7.55. The molecule has 3 heterocycles. The van der Waals surface area contributed by atoms with Crippen LogP contribution >= 0.6 is 0 Å². The first-order valence-electron chi connectivity index (χ1n) is 11.3. The van der Waals surface area contributed by atoms with Crippen LogP contribution in [0, 0.1) is 0 Å². The van der Waals surface area contributed by atoms with E-state index in [0.29, 0.717) is 13.0 Å². The summed E-state index contributed by atoms with van der Waals surface area (Å²) in [5, 5.41) is 23.3. The normalized spacial score (nSPS) is 30.7. The standard InChI is InChI=1S/C21H33N5O5/c1-26-12-13(10-24-26)9-22-18(27)8-15-7-16-20(30-15)19(28)17(31-16)11-23-21(29)25-14-5-3-2-4-6-14/h10,12,14-17,19-20,28H,2-9,11H2,1H3,(H,22,27)(H2,23,25,29). The van der Waals surface area contributed by atoms with Crippen molar-refractivity contribution in [3.63, 3.8) is 0 Å². The largest absolute Gasteiger partial charge is 0.388 e. The van der Waals surface area contributed by atoms with E-state index in [9.17, 15) is 14.7 Å². The topological polar surface area (TPSA) is 127 Å². The van der Waals surface area contributed by atoms with Crippen LogP contribution in [0.4, 0.5) is 4.79 Å². The van der Waals surface area contributed by atoms with Gasteiger partial charge < -0.3 is 30.5 Å². The molecule has 10 nitrogen and oxygen atoms in total. The van der Waals surface area contributed by atoms with Gasteiger partial charge >= 0.3 is 6.03 Å². The number of hydrogen-bond acceptors (Lipinski definition) is 6. The van der Waals surface area contributed by atoms with Gasteiger partial charge in [0.25, 0.3) is 0 Å². The molecule has 1 aliphatic carbocycles. The average Bonchev–Trinajstić information content (AvgIpc) is 3.42. The maximum Gasteiger partial charge on any atom is 0.315 e. The second kappa shape index (κ2) is 9.97. The number of fused-ring (bicyclic) bond motifs is 1. The van der Waals surface area contributed by atoms with E-state index < -0.39 is 18.3 Å². The molecule has 31 heavy (non-hydrogen) atoms. The number of nitrogens with zero attached hydrogens (tertiary/aromatic N) is 2. The first kappa shape index (κ1) is 22.0. The third-order valence-electron chi connectivity index (χ3n) is 6.34. The zero-order valence-electron chi connectivity index (χ0n) is 18.0. The Labute approximate surface area is 182 Å². The Morgan fingerprint density at radius 1 is 1.23 bits per heavy atom. The fraction of sp³-hybridized carbons (Fsp3) is 0.762. The lowest BCUT2D eigenvalue weighted by Gasteiger charge is -2.24. The second-order valence-electron chi connectivity index (χ2n) is 8.85. The van der Waals surface area contributed by atoms with Crippen LogP contribution in [0.5, 0.6) is 0 Å². The van der Waals surface area contributed by atoms with Crippen LogP contribution in [0.1, 0.15) is 50.5 Å². The maximum atomic E-state index is 12.2. The third kappa shape index (κ3) is 5.75. The van der Waals surface area contributed by atoms with Crippen LogP contribution in [0.25, 0.3) is 0 Å². The minimum absolute atomic E-state index is 0.110. The summed E-state index contributed by atoms with van der Waals surface area (Å²) < 4.78 is 13.5. The Morgan fingerprint density at radius 3 is 2.74 bits per heavy atom. The number of carbonyl (C=O) groups is 2. The Kier molecular flexibility index (Phi) is 7.09. The zero-order chi connectivity index (χ0) is 21.8. The number of aromatic nitrogens is 2. The van der Waals surface area contributed by atoms with E-state index in [4.69, 9.17) is 9.47 Å². The second-order valence-corrected chi connectivity index (χ2v) is 8.85. The molecule has 10 heteroatoms. The Balaban J connectivity index is 1.15. The van der Waals surface area contributed by atoms with Gasteiger partial charge in [-0.3, -0.25) is 9.48 Å². The van der Waals surface area contributed by atoms with Crippen molar-refractivity contribution < 1.29 is 24.2 Å². The minimum Gasteiger partial charge on any atom is -0.388 e. The van der Waals surface area contributed by atoms with Crippen LogP contribution in [0.15, 0.2) is 12.4 Å². The van der Waals surface area contributed by atoms with Gasteiger partial charge in [0.2, 0.25) is 5.91 Å². The number of rotatable bonds is 7. The molecular formula is C21H33N5O5. The van der Waals surface area contributed by atoms with E-state index in [1.54, 1.807) is 10.9 Å². The lowest BCUT2D eigenvalue weighted by atomic mass is 9.96. The molecule has 2 saturated heterocycles. The number of aliphatic hydroxyl groups is 1. The summed E-state index contributed by atoms with van der Waals surface area (Å²) in [6.45, 7) is 0.647. The summed E-state index contributed by atoms with van der Waals surface area (Å²) in [5.74, 6) is -0.110. The van der Waals surface area contributed by atoms with Crippen LogP contribution in [-0.4, -0.2) is 69.9 Å². The van der Waals surface area contributed by atoms with Crippen molar-refractivity contribution in [1.29, 1.82) is 0 Å². The summed E-state index contributed by atoms with van der Waals surface area (Å²) in [6, 6.07) is 0.0137. The quantitative estimate of drug-likeness (QED) is 0.489. The average molecular weight is 436 g/mol. The van der Waals surface area contributed by atoms with Gasteiger partial charge in [-0.25, -0.2) is 4.79 Å². The van der Waals surface area contributed by atoms with Gasteiger partial charge in [-0.1, -0.05) is 19.3 Å². The van der Waals surface area contributed by atoms with Gasteiger partial charge in [0, 0.05) is 44.4 Å². The number of aliphatic hydroxyl groups excluding tert-OH is 1. The molecule has 3 fully saturated rings. The highest BCUT2D eigenvalue weighted by Gasteiger charge is 2.50. The molecule has 1 saturated carbocycles. The number of urea groups is 1. The highest BCUT2D eigenvalue weighted by atomic mass is 16.6. The Hall–Kier alpha value is -2.17. The van der Waals surface area contributed by atoms with Crippen molar-refractivity contribution in [3.05, 3.63) is 18.0 Å². The summed E-state index contributed by atoms with van der Waals surface area (Å²) in [7, 11) is 1.83. The lowest BCUT2D eigenvalue weighted by Crippen LogP contribution is -2.47. The van der Waals surface area contributed by atoms with Gasteiger partial charge in [0.05, 0.1) is 24.8 Å². The molecule has 4 N–H and O–H groups in total. The summed E-state index contributed by atoms with van der Waals surface area (Å²) >= 11 is 0. The molecular weight excluding hydrogens is 402 g/mol. The predicted molar refractivity (Wildman–Crippen MR) is 111 cm³/mol. The SMILES string of the molecule is Cn1cc(CNC(=O)CC2CC3OC(CNC(=O)NC4CCCCC4)C(O)C3O2)cn1. The van der Waals surface area contributed by atoms with Crippen molar-refractivity contribution in [2.45, 2.75) is 88.1 Å². The molecule has 0 radical (unpaired) electrons. The zero-order valence-corrected chi connectivity index (χ0v) is 18.0. The fourth-order valence-corrected chi connectivity index (χ4v) is 4.73. The van der Waals surface area contributed by atoms with E-state index >= 15 is 0 Å². The van der Waals surface area contributed by atoms with Gasteiger partial charge in [-0.15, -0.1) is 0 Å². The molecule has 0 bridgehead atoms. The van der Waals surface area contributed by atoms with Crippen LogP contribution < -0.4 is 16.0 Å². The van der Waals surface area contributed by atoms with E-state index in [1.807, 2.05) is 13.2 Å². The summed E-state index contributed by atoms with van der Waals surface area (Å²) in [5.41, 5.74) is 0.932. The van der Waals surface area contributed by atoms with Crippen LogP contribution in [-0.2, 0) is 27.9 Å². The lowest BCUT2D eigenvalue weighted by molar-refractivity contribution is -0.124. The van der Waals surface area contributed by atoms with Gasteiger partial charge in [-0.05, 0) is 12.8 Å². The number of hydrogen-bond donors (Lipinski definition) is 4. The predicted octanol–water partition coefficient (Wildman–Crippen LogP) is 0.344. The smallest absolute Gasteiger partial charge is 0.315 e. The molecule has 1 aromatic rings. The first-order chi connectivity index (χ1) is 15.0. The number of carbonyl (C=O) groups excluding carboxylic acids is 2. The summed E-state index contributed by atoms with van der Waals surface area (Å²) in [4.78, 5) is 24.3. The van der Waals surface area contributed by atoms with Crippen molar-refractivity contribution >= 4 is 11.9 Å². The molecule has 172 valence electrons. The minimum atomic E-state index is -0.830. The van der Waals surface area contributed by atoms with E-state index in [0.717, 1.165) is 31.2 Å². The maximum absolute atomic E-state index is 12.2. The number of amides is 3. The number of ether oxygens (including phenoxy) is 2. The molecule has 4 rings (SSSR count). The fourth-order valence-electron chi connectivity index (χ4n) is 4.73. The van der Waals surface area contributed by atoms with Crippen LogP contribution in [0.2, 0.25) is 0 Å². The molecule has 0 spiro atoms. The van der Waals surface area contributed by atoms with Crippen molar-refractivity contribution in [2.75, 3.05) is 6.54 Å². The van der Waals surface area contributed by atoms with Crippen molar-refractivity contribution in [1.82, 2.24) is 25.7 Å². The molecule has 5 unspecified atom stereocenters. The van der Waals surface area contributed by atoms with Crippen molar-refractivity contribution in [2.24, 2.45) is 7.05 Å². The molecule has 1 aromatic heterocycles. The van der Waals surface area contributed by atoms with E-state index in [2.05, 4.69) is 21.0 Å². The molecule has 3 aliphatic rings. The third-order valence-corrected chi connectivity index (χ3v) is 6.34. The monoisotopic (exact) mass is 435 g/mol. The van der Waals surface area contributed by atoms with Crippen LogP contribution in [0.3, 0.4) is 0 Å². The molecule has 5 atom stereocenters. The van der Waals surface area contributed by atoms with Crippen molar-refractivity contribution in [3.8, 4) is 0 Å². The van der Waals surface area contributed by atoms with E-state index in [-0.39, 0.29) is 43.2 Å². The van der Waals surface area contributed by atoms with E-state index in [1.165, 1.54) is 6.42 Å². The highest BCUT2D eigenvalue weighted by Crippen LogP contribution is 2.35. The Bertz CT molecular complexity index is 765. The molecule has 2 aliphatic heterocycles. The molecule has 3 amide bonds. The number of aryl methyl sites for hydroxylation is 1.